The summed E-state index contributed by atoms with van der Waals surface area (Å²) in [6, 6.07) is 26.6. The number of ether oxygens (including phenoxy) is 1. The third-order valence-corrected chi connectivity index (χ3v) is 5.88. The van der Waals surface area contributed by atoms with E-state index in [0.717, 1.165) is 22.3 Å². The number of carbonyl (C=O) groups excluding carboxylic acids is 2. The third kappa shape index (κ3) is 4.28. The first kappa shape index (κ1) is 21.5. The van der Waals surface area contributed by atoms with Crippen molar-refractivity contribution in [3.8, 4) is 5.75 Å². The van der Waals surface area contributed by atoms with Gasteiger partial charge in [-0.2, -0.15) is 5.10 Å². The van der Waals surface area contributed by atoms with E-state index in [1.165, 1.54) is 5.01 Å². The molecule has 3 aromatic carbocycles. The summed E-state index contributed by atoms with van der Waals surface area (Å²) in [6.07, 6.45) is 2.20. The number of nitrogens with zero attached hydrogens (tertiary/aromatic N) is 3. The van der Waals surface area contributed by atoms with E-state index in [9.17, 15) is 9.59 Å². The van der Waals surface area contributed by atoms with Gasteiger partial charge in [0, 0.05) is 24.4 Å². The molecule has 5 rings (SSSR count). The first-order valence-electron chi connectivity index (χ1n) is 11.1. The number of benzene rings is 3. The predicted octanol–water partition coefficient (Wildman–Crippen LogP) is 4.81. The Hall–Kier alpha value is -4.39. The Morgan fingerprint density at radius 1 is 1.00 bits per heavy atom. The van der Waals surface area contributed by atoms with Gasteiger partial charge in [0.25, 0.3) is 5.91 Å². The number of anilines is 1. The van der Waals surface area contributed by atoms with E-state index in [2.05, 4.69) is 10.4 Å². The number of nitrogens with one attached hydrogen (secondary N) is 1. The molecule has 0 aliphatic carbocycles. The van der Waals surface area contributed by atoms with Crippen molar-refractivity contribution in [2.24, 2.45) is 5.10 Å². The summed E-state index contributed by atoms with van der Waals surface area (Å²) in [6.45, 7) is 0. The van der Waals surface area contributed by atoms with Crippen LogP contribution in [0.1, 0.15) is 24.4 Å². The quantitative estimate of drug-likeness (QED) is 0.442. The molecule has 1 atom stereocenters. The van der Waals surface area contributed by atoms with Crippen molar-refractivity contribution in [1.82, 2.24) is 9.58 Å². The van der Waals surface area contributed by atoms with Crippen molar-refractivity contribution in [3.05, 3.63) is 96.7 Å². The zero-order valence-electron chi connectivity index (χ0n) is 18.7. The molecule has 7 nitrogen and oxygen atoms in total. The van der Waals surface area contributed by atoms with Crippen LogP contribution in [0.3, 0.4) is 0 Å². The standard InChI is InChI=1S/C27H24N4O3/c1-34-22-12-7-11-21(16-22)28-26(32)18-27(33)31-24(19-8-3-2-4-9-19)17-25(29-31)30-15-14-20-10-5-6-13-23(20)30/h2-16,24H,17-18H2,1H3,(H,28,32)/t24-/m1/s1. The van der Waals surface area contributed by atoms with E-state index in [1.807, 2.05) is 71.4 Å². The minimum Gasteiger partial charge on any atom is -0.497 e. The van der Waals surface area contributed by atoms with Crippen LogP contribution in [0.5, 0.6) is 5.75 Å². The molecule has 4 aromatic rings. The fourth-order valence-electron chi connectivity index (χ4n) is 4.24. The molecule has 170 valence electrons. The zero-order valence-corrected chi connectivity index (χ0v) is 18.7. The molecular weight excluding hydrogens is 428 g/mol. The molecule has 0 saturated heterocycles. The SMILES string of the molecule is COc1cccc(NC(=O)CC(=O)N2N=C(n3ccc4ccccc43)C[C@@H]2c2ccccc2)c1. The lowest BCUT2D eigenvalue weighted by Crippen LogP contribution is -2.30. The zero-order chi connectivity index (χ0) is 23.5. The molecule has 0 saturated carbocycles. The predicted molar refractivity (Wildman–Crippen MR) is 132 cm³/mol. The van der Waals surface area contributed by atoms with E-state index in [1.54, 1.807) is 31.4 Å². The lowest BCUT2D eigenvalue weighted by atomic mass is 10.0. The fourth-order valence-corrected chi connectivity index (χ4v) is 4.24. The van der Waals surface area contributed by atoms with Crippen LogP contribution in [0, 0.1) is 0 Å². The molecular formula is C27H24N4O3. The molecule has 2 amide bonds. The summed E-state index contributed by atoms with van der Waals surface area (Å²) < 4.78 is 7.20. The van der Waals surface area contributed by atoms with Crippen molar-refractivity contribution < 1.29 is 14.3 Å². The number of para-hydroxylation sites is 1. The third-order valence-electron chi connectivity index (χ3n) is 5.88. The molecule has 0 fully saturated rings. The number of methoxy groups -OCH3 is 1. The summed E-state index contributed by atoms with van der Waals surface area (Å²) >= 11 is 0. The van der Waals surface area contributed by atoms with E-state index in [0.29, 0.717) is 17.9 Å². The summed E-state index contributed by atoms with van der Waals surface area (Å²) in [4.78, 5) is 25.9. The van der Waals surface area contributed by atoms with Gasteiger partial charge in [0.2, 0.25) is 5.91 Å². The highest BCUT2D eigenvalue weighted by Gasteiger charge is 2.34. The first-order valence-corrected chi connectivity index (χ1v) is 11.1. The smallest absolute Gasteiger partial charge is 0.252 e. The van der Waals surface area contributed by atoms with Crippen LogP contribution < -0.4 is 10.1 Å². The van der Waals surface area contributed by atoms with Crippen molar-refractivity contribution >= 4 is 34.2 Å². The number of hydrogen-bond donors (Lipinski definition) is 1. The Bertz CT molecular complexity index is 1380. The molecule has 0 unspecified atom stereocenters. The Morgan fingerprint density at radius 3 is 2.62 bits per heavy atom. The van der Waals surface area contributed by atoms with Gasteiger partial charge in [-0.25, -0.2) is 5.01 Å². The summed E-state index contributed by atoms with van der Waals surface area (Å²) in [5, 5.41) is 10.0. The lowest BCUT2D eigenvalue weighted by Gasteiger charge is -2.21. The molecule has 0 bridgehead atoms. The van der Waals surface area contributed by atoms with Crippen LogP contribution in [0.25, 0.3) is 10.9 Å². The maximum atomic E-state index is 13.3. The van der Waals surface area contributed by atoms with Crippen LogP contribution in [0.15, 0.2) is 96.2 Å². The molecule has 1 aromatic heterocycles. The molecule has 0 spiro atoms. The maximum Gasteiger partial charge on any atom is 0.252 e. The van der Waals surface area contributed by atoms with Gasteiger partial charge < -0.3 is 14.6 Å². The van der Waals surface area contributed by atoms with Gasteiger partial charge >= 0.3 is 0 Å². The topological polar surface area (TPSA) is 75.9 Å². The Kier molecular flexibility index (Phi) is 5.82. The minimum absolute atomic E-state index is 0.283. The van der Waals surface area contributed by atoms with E-state index >= 15 is 0 Å². The van der Waals surface area contributed by atoms with Crippen molar-refractivity contribution in [3.63, 3.8) is 0 Å². The average molecular weight is 453 g/mol. The Morgan fingerprint density at radius 2 is 1.79 bits per heavy atom. The molecule has 7 heteroatoms. The lowest BCUT2D eigenvalue weighted by molar-refractivity contribution is -0.136. The van der Waals surface area contributed by atoms with Gasteiger partial charge in [-0.05, 0) is 35.2 Å². The number of hydrogen-bond acceptors (Lipinski definition) is 4. The second-order valence-electron chi connectivity index (χ2n) is 8.09. The molecule has 1 N–H and O–H groups in total. The number of hydrazone groups is 1. The highest BCUT2D eigenvalue weighted by Crippen LogP contribution is 2.33. The molecule has 0 radical (unpaired) electrons. The van der Waals surface area contributed by atoms with Crippen molar-refractivity contribution in [2.75, 3.05) is 12.4 Å². The number of aromatic nitrogens is 1. The number of carbonyl (C=O) groups is 2. The van der Waals surface area contributed by atoms with Crippen LogP contribution >= 0.6 is 0 Å². The highest BCUT2D eigenvalue weighted by molar-refractivity contribution is 6.05. The normalized spacial score (nSPS) is 15.3. The van der Waals surface area contributed by atoms with E-state index in [4.69, 9.17) is 4.74 Å². The summed E-state index contributed by atoms with van der Waals surface area (Å²) in [7, 11) is 1.56. The van der Waals surface area contributed by atoms with E-state index < -0.39 is 5.91 Å². The van der Waals surface area contributed by atoms with Crippen LogP contribution in [0.2, 0.25) is 0 Å². The first-order chi connectivity index (χ1) is 16.6. The van der Waals surface area contributed by atoms with Crippen LogP contribution in [0.4, 0.5) is 5.69 Å². The van der Waals surface area contributed by atoms with Gasteiger partial charge in [0.15, 0.2) is 0 Å². The molecule has 1 aliphatic rings. The average Bonchev–Trinajstić information content (AvgIpc) is 3.49. The second-order valence-corrected chi connectivity index (χ2v) is 8.09. The molecule has 1 aliphatic heterocycles. The van der Waals surface area contributed by atoms with Gasteiger partial charge in [-0.15, -0.1) is 0 Å². The van der Waals surface area contributed by atoms with Gasteiger partial charge in [-0.3, -0.25) is 9.59 Å². The maximum absolute atomic E-state index is 13.3. The second kappa shape index (κ2) is 9.23. The largest absolute Gasteiger partial charge is 0.497 e. The number of rotatable bonds is 5. The Labute approximate surface area is 197 Å². The molecule has 2 heterocycles. The number of fused-ring (bicyclic) bond motifs is 1. The van der Waals surface area contributed by atoms with E-state index in [-0.39, 0.29) is 18.4 Å². The van der Waals surface area contributed by atoms with Crippen LogP contribution in [-0.2, 0) is 9.59 Å². The van der Waals surface area contributed by atoms with Crippen LogP contribution in [-0.4, -0.2) is 34.3 Å². The minimum atomic E-state index is -0.403. The van der Waals surface area contributed by atoms with Crippen molar-refractivity contribution in [2.45, 2.75) is 18.9 Å². The molecule has 34 heavy (non-hydrogen) atoms. The fraction of sp³-hybridized carbons (Fsp3) is 0.148. The van der Waals surface area contributed by atoms with Gasteiger partial charge in [0.05, 0.1) is 18.7 Å². The Balaban J connectivity index is 1.40. The van der Waals surface area contributed by atoms with Crippen molar-refractivity contribution in [1.29, 1.82) is 0 Å². The summed E-state index contributed by atoms with van der Waals surface area (Å²) in [5.74, 6) is 0.624. The highest BCUT2D eigenvalue weighted by atomic mass is 16.5. The van der Waals surface area contributed by atoms with Gasteiger partial charge in [0.1, 0.15) is 18.0 Å². The monoisotopic (exact) mass is 452 g/mol. The number of amides is 2. The van der Waals surface area contributed by atoms with Gasteiger partial charge in [-0.1, -0.05) is 54.6 Å². The summed E-state index contributed by atoms with van der Waals surface area (Å²) in [5.41, 5.74) is 2.57.